The molecule has 4 nitrogen and oxygen atoms in total. The highest BCUT2D eigenvalue weighted by Crippen LogP contribution is 2.21. The van der Waals surface area contributed by atoms with Crippen LogP contribution in [-0.2, 0) is 0 Å². The molecule has 0 aliphatic rings. The van der Waals surface area contributed by atoms with E-state index in [9.17, 15) is 5.11 Å². The summed E-state index contributed by atoms with van der Waals surface area (Å²) in [5, 5.41) is 9.34. The molecule has 2 atom stereocenters. The highest BCUT2D eigenvalue weighted by Gasteiger charge is 2.21. The van der Waals surface area contributed by atoms with Crippen LogP contribution in [0.1, 0.15) is 20.8 Å². The van der Waals surface area contributed by atoms with Gasteiger partial charge in [0.1, 0.15) is 17.6 Å². The van der Waals surface area contributed by atoms with Crippen molar-refractivity contribution < 1.29 is 14.6 Å². The van der Waals surface area contributed by atoms with Crippen LogP contribution in [0.15, 0.2) is 24.3 Å². The molecule has 0 aliphatic heterocycles. The van der Waals surface area contributed by atoms with E-state index in [4.69, 9.17) is 15.2 Å². The molecule has 0 aliphatic carbocycles. The van der Waals surface area contributed by atoms with Gasteiger partial charge in [-0.2, -0.15) is 0 Å². The second-order valence-corrected chi connectivity index (χ2v) is 4.57. The number of nitrogens with two attached hydrogens (primary N) is 1. The Kier molecular flexibility index (Phi) is 5.95. The van der Waals surface area contributed by atoms with Gasteiger partial charge in [-0.05, 0) is 25.0 Å². The molecule has 102 valence electrons. The molecule has 3 N–H and O–H groups in total. The minimum Gasteiger partial charge on any atom is -0.494 e. The lowest BCUT2D eigenvalue weighted by molar-refractivity contribution is 0.0808. The predicted octanol–water partition coefficient (Wildman–Crippen LogP) is 1.81. The molecule has 1 rings (SSSR count). The Morgan fingerprint density at radius 1 is 1.28 bits per heavy atom. The van der Waals surface area contributed by atoms with Crippen LogP contribution in [0.4, 0.5) is 0 Å². The number of benzene rings is 1. The van der Waals surface area contributed by atoms with Gasteiger partial charge in [-0.25, -0.2) is 0 Å². The Hall–Kier alpha value is -1.26. The van der Waals surface area contributed by atoms with Gasteiger partial charge in [-0.1, -0.05) is 19.9 Å². The van der Waals surface area contributed by atoms with Crippen molar-refractivity contribution in [2.24, 2.45) is 11.7 Å². The first-order chi connectivity index (χ1) is 8.58. The Morgan fingerprint density at radius 3 is 2.50 bits per heavy atom. The molecular formula is C14H23NO3. The highest BCUT2D eigenvalue weighted by atomic mass is 16.5. The summed E-state index contributed by atoms with van der Waals surface area (Å²) in [5.74, 6) is 1.66. The quantitative estimate of drug-likeness (QED) is 0.778. The fourth-order valence-electron chi connectivity index (χ4n) is 1.65. The normalized spacial score (nSPS) is 14.3. The fraction of sp³-hybridized carbons (Fsp3) is 0.571. The van der Waals surface area contributed by atoms with Crippen molar-refractivity contribution in [3.63, 3.8) is 0 Å². The molecule has 1 aromatic rings. The zero-order chi connectivity index (χ0) is 13.5. The molecule has 0 radical (unpaired) electrons. The maximum absolute atomic E-state index is 9.34. The predicted molar refractivity (Wildman–Crippen MR) is 71.9 cm³/mol. The van der Waals surface area contributed by atoms with Crippen LogP contribution < -0.4 is 15.2 Å². The van der Waals surface area contributed by atoms with E-state index in [-0.39, 0.29) is 18.6 Å². The Morgan fingerprint density at radius 2 is 1.94 bits per heavy atom. The van der Waals surface area contributed by atoms with Gasteiger partial charge in [-0.15, -0.1) is 0 Å². The van der Waals surface area contributed by atoms with Gasteiger partial charge in [0.2, 0.25) is 0 Å². The second-order valence-electron chi connectivity index (χ2n) is 4.57. The van der Waals surface area contributed by atoms with E-state index in [1.807, 2.05) is 39.0 Å². The van der Waals surface area contributed by atoms with Crippen molar-refractivity contribution >= 4 is 0 Å². The number of ether oxygens (including phenoxy) is 2. The molecule has 0 heterocycles. The Balaban J connectivity index is 2.72. The van der Waals surface area contributed by atoms with Gasteiger partial charge in [0.05, 0.1) is 13.2 Å². The molecule has 0 bridgehead atoms. The third kappa shape index (κ3) is 4.20. The summed E-state index contributed by atoms with van der Waals surface area (Å²) in [5.41, 5.74) is 6.00. The fourth-order valence-corrected chi connectivity index (χ4v) is 1.65. The van der Waals surface area contributed by atoms with E-state index in [0.29, 0.717) is 12.4 Å². The topological polar surface area (TPSA) is 64.7 Å². The largest absolute Gasteiger partial charge is 0.494 e. The van der Waals surface area contributed by atoms with E-state index in [1.165, 1.54) is 0 Å². The van der Waals surface area contributed by atoms with Crippen LogP contribution in [0.2, 0.25) is 0 Å². The number of aliphatic hydroxyl groups excluding tert-OH is 1. The molecule has 0 amide bonds. The first kappa shape index (κ1) is 14.8. The van der Waals surface area contributed by atoms with Crippen LogP contribution in [0.25, 0.3) is 0 Å². The van der Waals surface area contributed by atoms with Crippen LogP contribution >= 0.6 is 0 Å². The molecule has 0 fully saturated rings. The summed E-state index contributed by atoms with van der Waals surface area (Å²) in [4.78, 5) is 0. The van der Waals surface area contributed by atoms with Crippen molar-refractivity contribution in [1.82, 2.24) is 0 Å². The van der Waals surface area contributed by atoms with Crippen molar-refractivity contribution in [2.75, 3.05) is 13.2 Å². The van der Waals surface area contributed by atoms with Gasteiger partial charge in [0.25, 0.3) is 0 Å². The number of hydrogen-bond acceptors (Lipinski definition) is 4. The SMILES string of the molecule is CCOc1cccc(OC(CO)C(N)C(C)C)c1. The monoisotopic (exact) mass is 253 g/mol. The molecule has 0 saturated heterocycles. The van der Waals surface area contributed by atoms with Gasteiger partial charge in [-0.3, -0.25) is 0 Å². The molecular weight excluding hydrogens is 230 g/mol. The molecule has 4 heteroatoms. The van der Waals surface area contributed by atoms with Crippen LogP contribution in [-0.4, -0.2) is 30.5 Å². The molecule has 1 aromatic carbocycles. The van der Waals surface area contributed by atoms with Crippen molar-refractivity contribution in [1.29, 1.82) is 0 Å². The lowest BCUT2D eigenvalue weighted by Crippen LogP contribution is -2.45. The van der Waals surface area contributed by atoms with Crippen molar-refractivity contribution in [3.8, 4) is 11.5 Å². The number of rotatable bonds is 7. The molecule has 0 saturated carbocycles. The lowest BCUT2D eigenvalue weighted by atomic mass is 10.00. The molecule has 2 unspecified atom stereocenters. The average molecular weight is 253 g/mol. The zero-order valence-corrected chi connectivity index (χ0v) is 11.3. The highest BCUT2D eigenvalue weighted by molar-refractivity contribution is 5.33. The summed E-state index contributed by atoms with van der Waals surface area (Å²) in [6.45, 7) is 6.45. The molecule has 18 heavy (non-hydrogen) atoms. The minimum atomic E-state index is -0.401. The first-order valence-corrected chi connectivity index (χ1v) is 6.34. The Labute approximate surface area is 109 Å². The summed E-state index contributed by atoms with van der Waals surface area (Å²) >= 11 is 0. The van der Waals surface area contributed by atoms with Crippen LogP contribution in [0.5, 0.6) is 11.5 Å². The third-order valence-electron chi connectivity index (χ3n) is 2.78. The summed E-state index contributed by atoms with van der Waals surface area (Å²) in [6.07, 6.45) is -0.401. The van der Waals surface area contributed by atoms with Crippen LogP contribution in [0, 0.1) is 5.92 Å². The maximum atomic E-state index is 9.34. The minimum absolute atomic E-state index is 0.0990. The lowest BCUT2D eigenvalue weighted by Gasteiger charge is -2.26. The van der Waals surface area contributed by atoms with Crippen molar-refractivity contribution in [2.45, 2.75) is 32.9 Å². The number of aliphatic hydroxyl groups is 1. The van der Waals surface area contributed by atoms with Gasteiger partial charge < -0.3 is 20.3 Å². The maximum Gasteiger partial charge on any atom is 0.137 e. The summed E-state index contributed by atoms with van der Waals surface area (Å²) in [6, 6.07) is 7.16. The van der Waals surface area contributed by atoms with E-state index in [1.54, 1.807) is 6.07 Å². The van der Waals surface area contributed by atoms with Gasteiger partial charge in [0.15, 0.2) is 0 Å². The first-order valence-electron chi connectivity index (χ1n) is 6.34. The average Bonchev–Trinajstić information content (AvgIpc) is 2.36. The van der Waals surface area contributed by atoms with E-state index in [0.717, 1.165) is 5.75 Å². The van der Waals surface area contributed by atoms with E-state index >= 15 is 0 Å². The van der Waals surface area contributed by atoms with Crippen molar-refractivity contribution in [3.05, 3.63) is 24.3 Å². The zero-order valence-electron chi connectivity index (χ0n) is 11.3. The second kappa shape index (κ2) is 7.24. The van der Waals surface area contributed by atoms with E-state index < -0.39 is 6.10 Å². The Bertz CT molecular complexity index is 355. The molecule has 0 aromatic heterocycles. The summed E-state index contributed by atoms with van der Waals surface area (Å²) in [7, 11) is 0. The standard InChI is InChI=1S/C14H23NO3/c1-4-17-11-6-5-7-12(8-11)18-13(9-16)14(15)10(2)3/h5-8,10,13-14,16H,4,9,15H2,1-3H3. The van der Waals surface area contributed by atoms with Crippen LogP contribution in [0.3, 0.4) is 0 Å². The third-order valence-corrected chi connectivity index (χ3v) is 2.78. The number of hydrogen-bond donors (Lipinski definition) is 2. The smallest absolute Gasteiger partial charge is 0.137 e. The van der Waals surface area contributed by atoms with Gasteiger partial charge >= 0.3 is 0 Å². The van der Waals surface area contributed by atoms with Gasteiger partial charge in [0, 0.05) is 12.1 Å². The summed E-state index contributed by atoms with van der Waals surface area (Å²) < 4.78 is 11.1. The van der Waals surface area contributed by atoms with E-state index in [2.05, 4.69) is 0 Å². The molecule has 0 spiro atoms.